The zero-order chi connectivity index (χ0) is 7.78. The van der Waals surface area contributed by atoms with E-state index in [2.05, 4.69) is 0 Å². The van der Waals surface area contributed by atoms with Crippen LogP contribution in [-0.4, -0.2) is 9.79 Å². The molecule has 0 aliphatic heterocycles. The summed E-state index contributed by atoms with van der Waals surface area (Å²) in [7, 11) is -4.02. The largest absolute Gasteiger partial charge is 0.402 e. The van der Waals surface area contributed by atoms with Gasteiger partial charge in [-0.15, -0.1) is 0 Å². The maximum absolute atomic E-state index is 10.5. The Morgan fingerprint density at radius 1 is 1.50 bits per heavy atom. The van der Waals surface area contributed by atoms with Crippen LogP contribution in [0.25, 0.3) is 0 Å². The van der Waals surface area contributed by atoms with Crippen molar-refractivity contribution in [3.8, 4) is 0 Å². The molecule has 0 amide bonds. The monoisotopic (exact) mass is 161 g/mol. The van der Waals surface area contributed by atoms with Crippen molar-refractivity contribution in [3.05, 3.63) is 23.2 Å². The molecule has 0 aromatic carbocycles. The summed E-state index contributed by atoms with van der Waals surface area (Å²) >= 11 is 0. The highest BCUT2D eigenvalue weighted by atomic mass is 31.2. The van der Waals surface area contributed by atoms with Gasteiger partial charge >= 0.3 is 7.60 Å². The van der Waals surface area contributed by atoms with E-state index in [1.54, 1.807) is 0 Å². The van der Waals surface area contributed by atoms with Gasteiger partial charge in [0.2, 0.25) is 0 Å². The van der Waals surface area contributed by atoms with Gasteiger partial charge in [-0.1, -0.05) is 0 Å². The zero-order valence-electron chi connectivity index (χ0n) is 5.19. The first-order valence-corrected chi connectivity index (χ1v) is 4.33. The van der Waals surface area contributed by atoms with Gasteiger partial charge in [0.1, 0.15) is 0 Å². The lowest BCUT2D eigenvalue weighted by Crippen LogP contribution is -1.93. The molecule has 4 N–H and O–H groups in total. The lowest BCUT2D eigenvalue weighted by molar-refractivity contribution is 0.381. The molecule has 0 unspecified atom stereocenters. The van der Waals surface area contributed by atoms with Gasteiger partial charge in [-0.3, -0.25) is 4.57 Å². The summed E-state index contributed by atoms with van der Waals surface area (Å²) in [5.74, 6) is 0. The van der Waals surface area contributed by atoms with Gasteiger partial charge in [0.05, 0.1) is 0 Å². The average Bonchev–Trinajstić information content (AvgIpc) is 2.11. The molecule has 0 saturated carbocycles. The molecule has 0 saturated heterocycles. The highest BCUT2D eigenvalue weighted by Gasteiger charge is 2.22. The average molecular weight is 161 g/mol. The quantitative estimate of drug-likeness (QED) is 0.483. The van der Waals surface area contributed by atoms with Gasteiger partial charge in [-0.2, -0.15) is 0 Å². The minimum Gasteiger partial charge on any atom is -0.402 e. The molecule has 0 radical (unpaired) electrons. The first-order chi connectivity index (χ1) is 4.50. The molecule has 5 heteroatoms. The zero-order valence-corrected chi connectivity index (χ0v) is 6.08. The van der Waals surface area contributed by atoms with Gasteiger partial charge in [0.25, 0.3) is 0 Å². The SMILES string of the molecule is NC1=CC=C(P(=O)(O)O)C1. The van der Waals surface area contributed by atoms with E-state index in [0.29, 0.717) is 5.70 Å². The first-order valence-electron chi connectivity index (χ1n) is 2.71. The highest BCUT2D eigenvalue weighted by molar-refractivity contribution is 7.56. The molecular formula is C5H8NO3P. The summed E-state index contributed by atoms with van der Waals surface area (Å²) in [6, 6.07) is 0. The minimum absolute atomic E-state index is 0.102. The van der Waals surface area contributed by atoms with Crippen molar-refractivity contribution >= 4 is 7.60 Å². The van der Waals surface area contributed by atoms with E-state index < -0.39 is 7.60 Å². The van der Waals surface area contributed by atoms with Crippen LogP contribution >= 0.6 is 7.60 Å². The molecule has 0 aromatic rings. The van der Waals surface area contributed by atoms with Gasteiger partial charge in [0, 0.05) is 17.4 Å². The summed E-state index contributed by atoms with van der Waals surface area (Å²) in [4.78, 5) is 17.2. The van der Waals surface area contributed by atoms with E-state index in [0.717, 1.165) is 0 Å². The van der Waals surface area contributed by atoms with Crippen LogP contribution in [0.4, 0.5) is 0 Å². The summed E-state index contributed by atoms with van der Waals surface area (Å²) in [6.45, 7) is 0. The summed E-state index contributed by atoms with van der Waals surface area (Å²) in [5.41, 5.74) is 5.79. The van der Waals surface area contributed by atoms with Crippen LogP contribution in [0, 0.1) is 0 Å². The Labute approximate surface area is 58.2 Å². The third kappa shape index (κ3) is 1.48. The molecule has 4 nitrogen and oxygen atoms in total. The lowest BCUT2D eigenvalue weighted by Gasteiger charge is -2.03. The number of nitrogens with two attached hydrogens (primary N) is 1. The fourth-order valence-electron chi connectivity index (χ4n) is 0.730. The Kier molecular flexibility index (Phi) is 1.68. The standard InChI is InChI=1S/C5H8NO3P/c6-4-1-2-5(3-4)10(7,8)9/h1-2H,3,6H2,(H2,7,8,9). The van der Waals surface area contributed by atoms with Crippen molar-refractivity contribution in [1.82, 2.24) is 0 Å². The fraction of sp³-hybridized carbons (Fsp3) is 0.200. The number of allylic oxidation sites excluding steroid dienone is 3. The van der Waals surface area contributed by atoms with Crippen LogP contribution < -0.4 is 5.73 Å². The maximum atomic E-state index is 10.5. The fourth-order valence-corrected chi connectivity index (χ4v) is 1.39. The van der Waals surface area contributed by atoms with Crippen LogP contribution in [0.2, 0.25) is 0 Å². The second kappa shape index (κ2) is 2.23. The molecular weight excluding hydrogens is 153 g/mol. The summed E-state index contributed by atoms with van der Waals surface area (Å²) in [6.07, 6.45) is 3.08. The Morgan fingerprint density at radius 3 is 2.30 bits per heavy atom. The second-order valence-electron chi connectivity index (χ2n) is 2.12. The van der Waals surface area contributed by atoms with Gasteiger partial charge in [0.15, 0.2) is 0 Å². The molecule has 56 valence electrons. The predicted octanol–water partition coefficient (Wildman–Crippen LogP) is 0.294. The molecule has 1 aliphatic carbocycles. The van der Waals surface area contributed by atoms with E-state index in [1.165, 1.54) is 12.2 Å². The molecule has 0 aromatic heterocycles. The van der Waals surface area contributed by atoms with Crippen LogP contribution in [0.3, 0.4) is 0 Å². The van der Waals surface area contributed by atoms with E-state index in [9.17, 15) is 4.57 Å². The minimum atomic E-state index is -4.02. The summed E-state index contributed by atoms with van der Waals surface area (Å²) in [5, 5.41) is 0.102. The molecule has 1 aliphatic rings. The van der Waals surface area contributed by atoms with Crippen molar-refractivity contribution in [2.45, 2.75) is 6.42 Å². The van der Waals surface area contributed by atoms with E-state index >= 15 is 0 Å². The normalized spacial score (nSPS) is 18.6. The number of hydrogen-bond donors (Lipinski definition) is 3. The molecule has 0 spiro atoms. The Hall–Kier alpha value is -0.570. The van der Waals surface area contributed by atoms with Crippen molar-refractivity contribution in [1.29, 1.82) is 0 Å². The highest BCUT2D eigenvalue weighted by Crippen LogP contribution is 2.49. The van der Waals surface area contributed by atoms with Crippen molar-refractivity contribution in [2.75, 3.05) is 0 Å². The van der Waals surface area contributed by atoms with Crippen molar-refractivity contribution < 1.29 is 14.4 Å². The predicted molar refractivity (Wildman–Crippen MR) is 37.0 cm³/mol. The van der Waals surface area contributed by atoms with E-state index in [-0.39, 0.29) is 11.7 Å². The first kappa shape index (κ1) is 7.54. The Balaban J connectivity index is 2.76. The van der Waals surface area contributed by atoms with Crippen molar-refractivity contribution in [3.63, 3.8) is 0 Å². The van der Waals surface area contributed by atoms with Crippen molar-refractivity contribution in [2.24, 2.45) is 5.73 Å². The van der Waals surface area contributed by atoms with E-state index in [4.69, 9.17) is 15.5 Å². The topological polar surface area (TPSA) is 83.6 Å². The molecule has 1 rings (SSSR count). The Morgan fingerprint density at radius 2 is 2.10 bits per heavy atom. The smallest absolute Gasteiger partial charge is 0.352 e. The lowest BCUT2D eigenvalue weighted by atomic mass is 10.4. The second-order valence-corrected chi connectivity index (χ2v) is 3.78. The summed E-state index contributed by atoms with van der Waals surface area (Å²) < 4.78 is 10.5. The third-order valence-corrected chi connectivity index (χ3v) is 2.30. The maximum Gasteiger partial charge on any atom is 0.352 e. The van der Waals surface area contributed by atoms with Gasteiger partial charge in [-0.05, 0) is 12.2 Å². The molecule has 10 heavy (non-hydrogen) atoms. The molecule has 0 bridgehead atoms. The van der Waals surface area contributed by atoms with E-state index in [1.807, 2.05) is 0 Å². The molecule has 0 atom stereocenters. The number of hydrogen-bond acceptors (Lipinski definition) is 2. The Bertz CT molecular complexity index is 250. The molecule has 0 fully saturated rings. The number of rotatable bonds is 1. The van der Waals surface area contributed by atoms with Crippen LogP contribution in [-0.2, 0) is 4.57 Å². The van der Waals surface area contributed by atoms with Crippen LogP contribution in [0.5, 0.6) is 0 Å². The third-order valence-electron chi connectivity index (χ3n) is 1.25. The van der Waals surface area contributed by atoms with Crippen LogP contribution in [0.1, 0.15) is 6.42 Å². The van der Waals surface area contributed by atoms with Gasteiger partial charge < -0.3 is 15.5 Å². The van der Waals surface area contributed by atoms with Crippen LogP contribution in [0.15, 0.2) is 23.2 Å². The van der Waals surface area contributed by atoms with Gasteiger partial charge in [-0.25, -0.2) is 0 Å². The molecule has 0 heterocycles.